The van der Waals surface area contributed by atoms with Crippen LogP contribution in [0.15, 0.2) is 0 Å². The summed E-state index contributed by atoms with van der Waals surface area (Å²) in [7, 11) is 0. The summed E-state index contributed by atoms with van der Waals surface area (Å²) < 4.78 is 0. The van der Waals surface area contributed by atoms with Gasteiger partial charge in [0.1, 0.15) is 0 Å². The number of amides is 2. The molecule has 0 bridgehead atoms. The lowest BCUT2D eigenvalue weighted by atomic mass is 9.44. The van der Waals surface area contributed by atoms with E-state index >= 15 is 0 Å². The molecule has 0 aromatic rings. The highest BCUT2D eigenvalue weighted by Crippen LogP contribution is 2.68. The molecule has 0 heterocycles. The maximum atomic E-state index is 12.4. The van der Waals surface area contributed by atoms with Gasteiger partial charge in [0, 0.05) is 19.0 Å². The third kappa shape index (κ3) is 5.06. The molecule has 0 spiro atoms. The van der Waals surface area contributed by atoms with Gasteiger partial charge in [-0.3, -0.25) is 9.59 Å². The van der Waals surface area contributed by atoms with Gasteiger partial charge in [0.15, 0.2) is 0 Å². The van der Waals surface area contributed by atoms with Crippen LogP contribution >= 0.6 is 0 Å². The lowest BCUT2D eigenvalue weighted by Gasteiger charge is -2.61. The lowest BCUT2D eigenvalue weighted by molar-refractivity contribution is -0.126. The molecule has 4 aliphatic rings. The minimum Gasteiger partial charge on any atom is -0.353 e. The van der Waals surface area contributed by atoms with Crippen LogP contribution in [0.25, 0.3) is 0 Å². The Morgan fingerprint density at radius 1 is 0.882 bits per heavy atom. The smallest absolute Gasteiger partial charge is 0.239 e. The average Bonchev–Trinajstić information content (AvgIpc) is 3.16. The molecule has 4 rings (SSSR count). The number of nitrogens with one attached hydrogen (secondary N) is 2. The zero-order valence-corrected chi connectivity index (χ0v) is 22.3. The Morgan fingerprint density at radius 3 is 2.41 bits per heavy atom. The molecule has 4 saturated carbocycles. The zero-order chi connectivity index (χ0) is 24.5. The quantitative estimate of drug-likeness (QED) is 0.462. The molecule has 194 valence electrons. The molecular weight excluding hydrogens is 422 g/mol. The summed E-state index contributed by atoms with van der Waals surface area (Å²) in [5.41, 5.74) is 6.73. The van der Waals surface area contributed by atoms with Crippen molar-refractivity contribution in [3.63, 3.8) is 0 Å². The Bertz CT molecular complexity index is 739. The van der Waals surface area contributed by atoms with E-state index in [1.165, 1.54) is 64.2 Å². The van der Waals surface area contributed by atoms with Gasteiger partial charge in [-0.15, -0.1) is 0 Å². The predicted molar refractivity (Wildman–Crippen MR) is 138 cm³/mol. The number of nitrogens with two attached hydrogens (primary N) is 1. The maximum Gasteiger partial charge on any atom is 0.239 e. The largest absolute Gasteiger partial charge is 0.353 e. The first-order chi connectivity index (χ1) is 16.1. The second-order valence-electron chi connectivity index (χ2n) is 13.2. The second kappa shape index (κ2) is 10.5. The van der Waals surface area contributed by atoms with Gasteiger partial charge in [-0.2, -0.15) is 0 Å². The van der Waals surface area contributed by atoms with Crippen LogP contribution < -0.4 is 16.4 Å². The highest BCUT2D eigenvalue weighted by Gasteiger charge is 2.60. The normalized spacial score (nSPS) is 40.9. The van der Waals surface area contributed by atoms with Gasteiger partial charge in [-0.1, -0.05) is 33.6 Å². The summed E-state index contributed by atoms with van der Waals surface area (Å²) >= 11 is 0. The van der Waals surface area contributed by atoms with Gasteiger partial charge in [0.05, 0.1) is 6.54 Å². The highest BCUT2D eigenvalue weighted by molar-refractivity contribution is 5.84. The summed E-state index contributed by atoms with van der Waals surface area (Å²) in [6.45, 7) is 10.00. The third-order valence-corrected chi connectivity index (χ3v) is 11.2. The van der Waals surface area contributed by atoms with Crippen molar-refractivity contribution >= 4 is 11.8 Å². The van der Waals surface area contributed by atoms with Gasteiger partial charge >= 0.3 is 0 Å². The first-order valence-electron chi connectivity index (χ1n) is 14.4. The maximum absolute atomic E-state index is 12.4. The Kier molecular flexibility index (Phi) is 8.01. The van der Waals surface area contributed by atoms with Crippen LogP contribution in [-0.4, -0.2) is 30.9 Å². The van der Waals surface area contributed by atoms with Crippen LogP contribution in [-0.2, 0) is 9.59 Å². The number of carbonyl (C=O) groups excluding carboxylic acids is 2. The molecule has 5 nitrogen and oxygen atoms in total. The summed E-state index contributed by atoms with van der Waals surface area (Å²) in [5, 5.41) is 5.54. The van der Waals surface area contributed by atoms with Crippen LogP contribution in [0.2, 0.25) is 0 Å². The van der Waals surface area contributed by atoms with Gasteiger partial charge < -0.3 is 16.4 Å². The number of hydrogen-bond acceptors (Lipinski definition) is 3. The molecule has 2 amide bonds. The number of fused-ring (bicyclic) bond motifs is 5. The van der Waals surface area contributed by atoms with Crippen molar-refractivity contribution in [2.24, 2.45) is 52.1 Å². The van der Waals surface area contributed by atoms with E-state index in [9.17, 15) is 9.59 Å². The van der Waals surface area contributed by atoms with Crippen LogP contribution in [0, 0.1) is 46.3 Å². The summed E-state index contributed by atoms with van der Waals surface area (Å²) in [6, 6.07) is -0.0762. The van der Waals surface area contributed by atoms with Gasteiger partial charge in [-0.05, 0) is 111 Å². The van der Waals surface area contributed by atoms with Crippen molar-refractivity contribution in [1.29, 1.82) is 0 Å². The first-order valence-corrected chi connectivity index (χ1v) is 14.4. The zero-order valence-electron chi connectivity index (χ0n) is 22.3. The summed E-state index contributed by atoms with van der Waals surface area (Å²) in [6.07, 6.45) is 15.8. The van der Waals surface area contributed by atoms with Crippen molar-refractivity contribution < 1.29 is 9.59 Å². The lowest BCUT2D eigenvalue weighted by Crippen LogP contribution is -2.53. The number of rotatable bonds is 8. The van der Waals surface area contributed by atoms with Crippen LogP contribution in [0.5, 0.6) is 0 Å². The molecule has 0 aliphatic heterocycles. The number of hydrogen-bond donors (Lipinski definition) is 3. The Balaban J connectivity index is 1.29. The Labute approximate surface area is 208 Å². The summed E-state index contributed by atoms with van der Waals surface area (Å²) in [5.74, 6) is 4.90. The van der Waals surface area contributed by atoms with E-state index in [1.807, 2.05) is 6.92 Å². The van der Waals surface area contributed by atoms with Crippen molar-refractivity contribution in [1.82, 2.24) is 10.6 Å². The molecular formula is C29H51N3O2. The van der Waals surface area contributed by atoms with Gasteiger partial charge in [0.2, 0.25) is 11.8 Å². The molecule has 0 aromatic heterocycles. The minimum atomic E-state index is -0.164. The van der Waals surface area contributed by atoms with Gasteiger partial charge in [0.25, 0.3) is 0 Å². The second-order valence-corrected chi connectivity index (χ2v) is 13.2. The van der Waals surface area contributed by atoms with Crippen LogP contribution in [0.4, 0.5) is 0 Å². The average molecular weight is 474 g/mol. The SMILES string of the molecule is CC(N)CNC(=O)CNC(=O)CC[C@@H](C)[C@H]1CCC2C3CC[C@@H]4CCCC[C@]4(C)C3CC[C@@]21C. The van der Waals surface area contributed by atoms with Crippen LogP contribution in [0.3, 0.4) is 0 Å². The predicted octanol–water partition coefficient (Wildman–Crippen LogP) is 5.03. The molecule has 4 aliphatic carbocycles. The Hall–Kier alpha value is -1.10. The molecule has 0 radical (unpaired) electrons. The van der Waals surface area contributed by atoms with E-state index < -0.39 is 0 Å². The standard InChI is InChI=1S/C29H51N3O2/c1-19(8-13-26(33)32-18-27(34)31-17-20(2)30)23-11-12-24-22-10-9-21-7-5-6-15-28(21,3)25(22)14-16-29(23,24)4/h19-25H,5-18,30H2,1-4H3,(H,31,34)(H,32,33)/t19-,20?,21+,22?,23-,24?,25?,28+,29-/m1/s1. The molecule has 5 heteroatoms. The molecule has 0 aromatic carbocycles. The van der Waals surface area contributed by atoms with E-state index in [4.69, 9.17) is 5.73 Å². The van der Waals surface area contributed by atoms with E-state index in [-0.39, 0.29) is 24.4 Å². The third-order valence-electron chi connectivity index (χ3n) is 11.2. The Morgan fingerprint density at radius 2 is 1.65 bits per heavy atom. The van der Waals surface area contributed by atoms with E-state index in [0.29, 0.717) is 29.7 Å². The van der Waals surface area contributed by atoms with Gasteiger partial charge in [-0.25, -0.2) is 0 Å². The molecule has 9 atom stereocenters. The van der Waals surface area contributed by atoms with Crippen molar-refractivity contribution in [2.75, 3.05) is 13.1 Å². The van der Waals surface area contributed by atoms with E-state index in [0.717, 1.165) is 36.0 Å². The van der Waals surface area contributed by atoms with Crippen LogP contribution in [0.1, 0.15) is 105 Å². The fourth-order valence-electron chi connectivity index (χ4n) is 9.43. The molecule has 4 fully saturated rings. The fraction of sp³-hybridized carbons (Fsp3) is 0.931. The topological polar surface area (TPSA) is 84.2 Å². The van der Waals surface area contributed by atoms with Crippen molar-refractivity contribution in [2.45, 2.75) is 111 Å². The highest BCUT2D eigenvalue weighted by atomic mass is 16.2. The minimum absolute atomic E-state index is 0.00486. The fourth-order valence-corrected chi connectivity index (χ4v) is 9.43. The number of carbonyl (C=O) groups is 2. The van der Waals surface area contributed by atoms with E-state index in [2.05, 4.69) is 31.4 Å². The molecule has 4 N–H and O–H groups in total. The van der Waals surface area contributed by atoms with E-state index in [1.54, 1.807) is 0 Å². The van der Waals surface area contributed by atoms with Crippen molar-refractivity contribution in [3.8, 4) is 0 Å². The monoisotopic (exact) mass is 473 g/mol. The summed E-state index contributed by atoms with van der Waals surface area (Å²) in [4.78, 5) is 24.3. The first kappa shape index (κ1) is 26.0. The molecule has 0 saturated heterocycles. The van der Waals surface area contributed by atoms with Crippen molar-refractivity contribution in [3.05, 3.63) is 0 Å². The molecule has 4 unspecified atom stereocenters. The molecule has 34 heavy (non-hydrogen) atoms.